The van der Waals surface area contributed by atoms with Crippen molar-refractivity contribution in [3.8, 4) is 5.75 Å². The van der Waals surface area contributed by atoms with Crippen molar-refractivity contribution >= 4 is 5.91 Å². The van der Waals surface area contributed by atoms with Crippen LogP contribution in [0.15, 0.2) is 18.2 Å². The highest BCUT2D eigenvalue weighted by Crippen LogP contribution is 2.25. The third kappa shape index (κ3) is 3.73. The molecular formula is C16H22FNO3. The molecule has 2 rings (SSSR count). The van der Waals surface area contributed by atoms with Gasteiger partial charge in [-0.05, 0) is 44.7 Å². The highest BCUT2D eigenvalue weighted by molar-refractivity contribution is 5.95. The maximum absolute atomic E-state index is 14.1. The molecule has 1 heterocycles. The zero-order valence-corrected chi connectivity index (χ0v) is 12.5. The molecule has 0 radical (unpaired) electrons. The Hall–Kier alpha value is -1.62. The van der Waals surface area contributed by atoms with Crippen LogP contribution in [-0.2, 0) is 0 Å². The lowest BCUT2D eigenvalue weighted by Crippen LogP contribution is -2.45. The fourth-order valence-electron chi connectivity index (χ4n) is 2.86. The maximum Gasteiger partial charge on any atom is 0.257 e. The minimum absolute atomic E-state index is 0.0206. The second-order valence-electron chi connectivity index (χ2n) is 5.58. The Morgan fingerprint density at radius 1 is 1.52 bits per heavy atom. The van der Waals surface area contributed by atoms with Gasteiger partial charge in [0.2, 0.25) is 0 Å². The molecule has 1 aromatic carbocycles. The van der Waals surface area contributed by atoms with Crippen LogP contribution in [-0.4, -0.2) is 41.7 Å². The molecule has 2 atom stereocenters. The van der Waals surface area contributed by atoms with Gasteiger partial charge in [-0.25, -0.2) is 4.39 Å². The molecule has 1 aliphatic heterocycles. The average Bonchev–Trinajstić information content (AvgIpc) is 2.46. The number of carbonyl (C=O) groups excluding carboxylic acids is 1. The molecule has 21 heavy (non-hydrogen) atoms. The summed E-state index contributed by atoms with van der Waals surface area (Å²) in [6.45, 7) is 2.33. The Morgan fingerprint density at radius 2 is 2.29 bits per heavy atom. The number of piperidine rings is 1. The van der Waals surface area contributed by atoms with Crippen LogP contribution in [0, 0.1) is 5.82 Å². The number of aliphatic hydroxyl groups is 1. The Kier molecular flexibility index (Phi) is 5.17. The largest absolute Gasteiger partial charge is 0.497 e. The first-order valence-electron chi connectivity index (χ1n) is 7.35. The number of amides is 1. The van der Waals surface area contributed by atoms with E-state index in [1.54, 1.807) is 17.9 Å². The molecule has 1 fully saturated rings. The van der Waals surface area contributed by atoms with Gasteiger partial charge in [-0.15, -0.1) is 0 Å². The van der Waals surface area contributed by atoms with Crippen LogP contribution in [0.25, 0.3) is 0 Å². The number of hydrogen-bond acceptors (Lipinski definition) is 3. The van der Waals surface area contributed by atoms with E-state index >= 15 is 0 Å². The fraction of sp³-hybridized carbons (Fsp3) is 0.562. The third-order valence-electron chi connectivity index (χ3n) is 3.91. The van der Waals surface area contributed by atoms with Gasteiger partial charge in [0, 0.05) is 18.7 Å². The van der Waals surface area contributed by atoms with Crippen molar-refractivity contribution in [1.29, 1.82) is 0 Å². The van der Waals surface area contributed by atoms with Gasteiger partial charge < -0.3 is 14.7 Å². The third-order valence-corrected chi connectivity index (χ3v) is 3.91. The molecule has 5 heteroatoms. The van der Waals surface area contributed by atoms with Crippen LogP contribution in [0.4, 0.5) is 4.39 Å². The summed E-state index contributed by atoms with van der Waals surface area (Å²) in [7, 11) is 1.46. The van der Waals surface area contributed by atoms with Crippen LogP contribution in [0.5, 0.6) is 5.75 Å². The summed E-state index contributed by atoms with van der Waals surface area (Å²) >= 11 is 0. The number of nitrogens with zero attached hydrogens (tertiary/aromatic N) is 1. The Labute approximate surface area is 124 Å². The summed E-state index contributed by atoms with van der Waals surface area (Å²) in [6.07, 6.45) is 2.87. The van der Waals surface area contributed by atoms with Crippen LogP contribution in [0.2, 0.25) is 0 Å². The SMILES string of the molecule is COc1ccc(C(=O)N2CCCCC2CC(C)O)c(F)c1. The van der Waals surface area contributed by atoms with E-state index < -0.39 is 11.9 Å². The topological polar surface area (TPSA) is 49.8 Å². The molecule has 1 aliphatic rings. The number of hydrogen-bond donors (Lipinski definition) is 1. The summed E-state index contributed by atoms with van der Waals surface area (Å²) in [5.74, 6) is -0.482. The molecule has 116 valence electrons. The van der Waals surface area contributed by atoms with E-state index in [0.717, 1.165) is 19.3 Å². The Morgan fingerprint density at radius 3 is 2.90 bits per heavy atom. The molecule has 0 aliphatic carbocycles. The molecule has 0 bridgehead atoms. The number of rotatable bonds is 4. The quantitative estimate of drug-likeness (QED) is 0.929. The first kappa shape index (κ1) is 15.8. The smallest absolute Gasteiger partial charge is 0.257 e. The van der Waals surface area contributed by atoms with Gasteiger partial charge in [0.1, 0.15) is 11.6 Å². The van der Waals surface area contributed by atoms with Gasteiger partial charge in [-0.1, -0.05) is 0 Å². The lowest BCUT2D eigenvalue weighted by molar-refractivity contribution is 0.0510. The number of carbonyl (C=O) groups is 1. The molecule has 1 amide bonds. The van der Waals surface area contributed by atoms with Crippen molar-refractivity contribution in [2.75, 3.05) is 13.7 Å². The van der Waals surface area contributed by atoms with Gasteiger partial charge in [-0.2, -0.15) is 0 Å². The highest BCUT2D eigenvalue weighted by Gasteiger charge is 2.29. The second kappa shape index (κ2) is 6.89. The van der Waals surface area contributed by atoms with Crippen molar-refractivity contribution < 1.29 is 19.0 Å². The molecular weight excluding hydrogens is 273 g/mol. The maximum atomic E-state index is 14.1. The summed E-state index contributed by atoms with van der Waals surface area (Å²) < 4.78 is 19.0. The zero-order valence-electron chi connectivity index (χ0n) is 12.5. The summed E-state index contributed by atoms with van der Waals surface area (Å²) in [5.41, 5.74) is 0.0632. The van der Waals surface area contributed by atoms with E-state index in [-0.39, 0.29) is 17.5 Å². The van der Waals surface area contributed by atoms with Crippen molar-refractivity contribution in [1.82, 2.24) is 4.90 Å². The lowest BCUT2D eigenvalue weighted by atomic mass is 9.96. The van der Waals surface area contributed by atoms with Gasteiger partial charge in [-0.3, -0.25) is 4.79 Å². The van der Waals surface area contributed by atoms with Gasteiger partial charge in [0.25, 0.3) is 5.91 Å². The van der Waals surface area contributed by atoms with Crippen LogP contribution >= 0.6 is 0 Å². The Bertz CT molecular complexity index is 504. The normalized spacial score (nSPS) is 20.2. The zero-order chi connectivity index (χ0) is 15.4. The van der Waals surface area contributed by atoms with E-state index in [1.807, 2.05) is 0 Å². The molecule has 1 saturated heterocycles. The van der Waals surface area contributed by atoms with Crippen molar-refractivity contribution in [2.45, 2.75) is 44.8 Å². The minimum atomic E-state index is -0.569. The highest BCUT2D eigenvalue weighted by atomic mass is 19.1. The van der Waals surface area contributed by atoms with Crippen LogP contribution in [0.1, 0.15) is 43.0 Å². The van der Waals surface area contributed by atoms with Crippen LogP contribution < -0.4 is 4.74 Å². The summed E-state index contributed by atoms with van der Waals surface area (Å²) in [6, 6.07) is 4.25. The Balaban J connectivity index is 2.20. The number of aliphatic hydroxyl groups excluding tert-OH is 1. The van der Waals surface area contributed by atoms with E-state index in [4.69, 9.17) is 4.74 Å². The van der Waals surface area contributed by atoms with Crippen molar-refractivity contribution in [2.24, 2.45) is 0 Å². The monoisotopic (exact) mass is 295 g/mol. The molecule has 0 aromatic heterocycles. The molecule has 2 unspecified atom stereocenters. The number of benzene rings is 1. The molecule has 1 N–H and O–H groups in total. The van der Waals surface area contributed by atoms with Gasteiger partial charge in [0.05, 0.1) is 18.8 Å². The summed E-state index contributed by atoms with van der Waals surface area (Å²) in [4.78, 5) is 14.3. The van der Waals surface area contributed by atoms with Crippen LogP contribution in [0.3, 0.4) is 0 Å². The number of ether oxygens (including phenoxy) is 1. The first-order valence-corrected chi connectivity index (χ1v) is 7.35. The van der Waals surface area contributed by atoms with E-state index in [9.17, 15) is 14.3 Å². The predicted molar refractivity (Wildman–Crippen MR) is 77.9 cm³/mol. The van der Waals surface area contributed by atoms with E-state index in [1.165, 1.54) is 19.2 Å². The fourth-order valence-corrected chi connectivity index (χ4v) is 2.86. The molecule has 1 aromatic rings. The lowest BCUT2D eigenvalue weighted by Gasteiger charge is -2.36. The number of likely N-dealkylation sites (tertiary alicyclic amines) is 1. The molecule has 0 saturated carbocycles. The number of halogens is 1. The second-order valence-corrected chi connectivity index (χ2v) is 5.58. The van der Waals surface area contributed by atoms with Crippen molar-refractivity contribution in [3.63, 3.8) is 0 Å². The number of methoxy groups -OCH3 is 1. The minimum Gasteiger partial charge on any atom is -0.497 e. The van der Waals surface area contributed by atoms with Gasteiger partial charge >= 0.3 is 0 Å². The van der Waals surface area contributed by atoms with Crippen molar-refractivity contribution in [3.05, 3.63) is 29.6 Å². The van der Waals surface area contributed by atoms with E-state index in [0.29, 0.717) is 18.7 Å². The van der Waals surface area contributed by atoms with E-state index in [2.05, 4.69) is 0 Å². The summed E-state index contributed by atoms with van der Waals surface area (Å²) in [5, 5.41) is 9.57. The van der Waals surface area contributed by atoms with Gasteiger partial charge in [0.15, 0.2) is 0 Å². The first-order chi connectivity index (χ1) is 10.0. The molecule has 4 nitrogen and oxygen atoms in total. The predicted octanol–water partition coefficient (Wildman–Crippen LogP) is 2.60. The average molecular weight is 295 g/mol. The standard InChI is InChI=1S/C16H22FNO3/c1-11(19)9-12-5-3-4-8-18(12)16(20)14-7-6-13(21-2)10-15(14)17/h6-7,10-12,19H,3-5,8-9H2,1-2H3. The molecule has 0 spiro atoms.